The molecule has 1 aromatic carbocycles. The first-order valence-corrected chi connectivity index (χ1v) is 6.37. The minimum Gasteiger partial charge on any atom is -0.478 e. The molecule has 0 aliphatic rings. The highest BCUT2D eigenvalue weighted by molar-refractivity contribution is 5.95. The zero-order valence-corrected chi connectivity index (χ0v) is 12.1. The van der Waals surface area contributed by atoms with Gasteiger partial charge in [0.15, 0.2) is 0 Å². The van der Waals surface area contributed by atoms with Gasteiger partial charge in [0.1, 0.15) is 0 Å². The number of benzene rings is 1. The van der Waals surface area contributed by atoms with Crippen LogP contribution in [0.2, 0.25) is 0 Å². The molecule has 0 heterocycles. The maximum Gasteiger partial charge on any atom is 0.337 e. The van der Waals surface area contributed by atoms with Crippen molar-refractivity contribution < 1.29 is 14.7 Å². The van der Waals surface area contributed by atoms with Crippen LogP contribution in [-0.4, -0.2) is 49.6 Å². The lowest BCUT2D eigenvalue weighted by Crippen LogP contribution is -2.25. The molecule has 6 heteroatoms. The number of carboxylic acids is 1. The van der Waals surface area contributed by atoms with Crippen LogP contribution >= 0.6 is 0 Å². The summed E-state index contributed by atoms with van der Waals surface area (Å²) in [6.45, 7) is 0.601. The van der Waals surface area contributed by atoms with Gasteiger partial charge in [-0.1, -0.05) is 0 Å². The standard InChI is InChI=1S/C14H21N3O3/c1-16(2)13(18)5-4-8-17(3)12-7-6-10(15)9-11(12)14(19)20/h6-7,9H,4-5,8,15H2,1-3H3,(H,19,20). The molecule has 0 radical (unpaired) electrons. The fraction of sp³-hybridized carbons (Fsp3) is 0.429. The SMILES string of the molecule is CN(C)C(=O)CCCN(C)c1ccc(N)cc1C(=O)O. The van der Waals surface area contributed by atoms with Gasteiger partial charge in [-0.2, -0.15) is 0 Å². The number of carbonyl (C=O) groups is 2. The molecular weight excluding hydrogens is 258 g/mol. The van der Waals surface area contributed by atoms with E-state index in [-0.39, 0.29) is 11.5 Å². The van der Waals surface area contributed by atoms with Crippen LogP contribution in [0.5, 0.6) is 0 Å². The monoisotopic (exact) mass is 279 g/mol. The third-order valence-electron chi connectivity index (χ3n) is 3.05. The van der Waals surface area contributed by atoms with Crippen LogP contribution in [0.1, 0.15) is 23.2 Å². The van der Waals surface area contributed by atoms with Crippen molar-refractivity contribution in [3.8, 4) is 0 Å². The van der Waals surface area contributed by atoms with Gasteiger partial charge in [0.25, 0.3) is 0 Å². The van der Waals surface area contributed by atoms with Gasteiger partial charge in [-0.3, -0.25) is 4.79 Å². The first-order valence-electron chi connectivity index (χ1n) is 6.37. The van der Waals surface area contributed by atoms with Gasteiger partial charge in [0.2, 0.25) is 5.91 Å². The molecule has 0 saturated carbocycles. The van der Waals surface area contributed by atoms with E-state index in [0.717, 1.165) is 0 Å². The summed E-state index contributed by atoms with van der Waals surface area (Å²) in [5.74, 6) is -0.947. The van der Waals surface area contributed by atoms with Gasteiger partial charge in [-0.05, 0) is 24.6 Å². The van der Waals surface area contributed by atoms with Gasteiger partial charge < -0.3 is 20.6 Å². The van der Waals surface area contributed by atoms with Gasteiger partial charge in [0.05, 0.1) is 11.3 Å². The molecule has 20 heavy (non-hydrogen) atoms. The van der Waals surface area contributed by atoms with Crippen molar-refractivity contribution in [1.29, 1.82) is 0 Å². The largest absolute Gasteiger partial charge is 0.478 e. The smallest absolute Gasteiger partial charge is 0.337 e. The highest BCUT2D eigenvalue weighted by Gasteiger charge is 2.14. The molecule has 0 atom stereocenters. The average Bonchev–Trinajstić information content (AvgIpc) is 2.37. The molecular formula is C14H21N3O3. The number of amides is 1. The molecule has 6 nitrogen and oxygen atoms in total. The van der Waals surface area contributed by atoms with Crippen LogP contribution in [-0.2, 0) is 4.79 Å². The van der Waals surface area contributed by atoms with Crippen molar-refractivity contribution in [2.75, 3.05) is 38.3 Å². The van der Waals surface area contributed by atoms with E-state index in [4.69, 9.17) is 5.73 Å². The average molecular weight is 279 g/mol. The van der Waals surface area contributed by atoms with Crippen LogP contribution < -0.4 is 10.6 Å². The number of carboxylic acid groups (broad SMARTS) is 1. The molecule has 0 bridgehead atoms. The van der Waals surface area contributed by atoms with Crippen LogP contribution in [0, 0.1) is 0 Å². The summed E-state index contributed by atoms with van der Waals surface area (Å²) in [4.78, 5) is 26.1. The van der Waals surface area contributed by atoms with E-state index in [0.29, 0.717) is 30.8 Å². The number of hydrogen-bond donors (Lipinski definition) is 2. The molecule has 0 fully saturated rings. The summed E-state index contributed by atoms with van der Waals surface area (Å²) in [6, 6.07) is 4.80. The van der Waals surface area contributed by atoms with Crippen molar-refractivity contribution >= 4 is 23.3 Å². The normalized spacial score (nSPS) is 10.2. The number of nitrogen functional groups attached to an aromatic ring is 1. The predicted octanol–water partition coefficient (Wildman–Crippen LogP) is 1.27. The Morgan fingerprint density at radius 1 is 1.25 bits per heavy atom. The lowest BCUT2D eigenvalue weighted by atomic mass is 10.1. The van der Waals surface area contributed by atoms with Crippen LogP contribution in [0.15, 0.2) is 18.2 Å². The summed E-state index contributed by atoms with van der Waals surface area (Å²) in [5.41, 5.74) is 6.80. The second-order valence-corrected chi connectivity index (χ2v) is 4.90. The number of nitrogens with two attached hydrogens (primary N) is 1. The molecule has 0 aliphatic heterocycles. The molecule has 0 saturated heterocycles. The summed E-state index contributed by atoms with van der Waals surface area (Å²) >= 11 is 0. The lowest BCUT2D eigenvalue weighted by molar-refractivity contribution is -0.128. The molecule has 0 unspecified atom stereocenters. The van der Waals surface area contributed by atoms with Crippen molar-refractivity contribution in [2.45, 2.75) is 12.8 Å². The van der Waals surface area contributed by atoms with Gasteiger partial charge in [0, 0.05) is 39.8 Å². The number of carbonyl (C=O) groups excluding carboxylic acids is 1. The number of rotatable bonds is 6. The van der Waals surface area contributed by atoms with E-state index in [1.54, 1.807) is 38.2 Å². The summed E-state index contributed by atoms with van der Waals surface area (Å²) in [5, 5.41) is 9.18. The number of anilines is 2. The maximum atomic E-state index is 11.5. The van der Waals surface area contributed by atoms with Crippen LogP contribution in [0.25, 0.3) is 0 Å². The third-order valence-corrected chi connectivity index (χ3v) is 3.05. The second kappa shape index (κ2) is 6.79. The van der Waals surface area contributed by atoms with Crippen molar-refractivity contribution in [2.24, 2.45) is 0 Å². The van der Waals surface area contributed by atoms with Crippen LogP contribution in [0.3, 0.4) is 0 Å². The molecule has 0 aromatic heterocycles. The Labute approximate surface area is 118 Å². The Balaban J connectivity index is 2.70. The van der Waals surface area contributed by atoms with E-state index in [1.165, 1.54) is 6.07 Å². The molecule has 1 amide bonds. The Bertz CT molecular complexity index is 500. The molecule has 110 valence electrons. The fourth-order valence-electron chi connectivity index (χ4n) is 1.87. The highest BCUT2D eigenvalue weighted by Crippen LogP contribution is 2.22. The second-order valence-electron chi connectivity index (χ2n) is 4.90. The minimum atomic E-state index is -1.01. The first kappa shape index (κ1) is 15.8. The Kier molecular flexibility index (Phi) is 5.37. The minimum absolute atomic E-state index is 0.0640. The van der Waals surface area contributed by atoms with Crippen molar-refractivity contribution in [1.82, 2.24) is 4.90 Å². The summed E-state index contributed by atoms with van der Waals surface area (Å²) < 4.78 is 0. The zero-order valence-electron chi connectivity index (χ0n) is 12.1. The number of nitrogens with zero attached hydrogens (tertiary/aromatic N) is 2. The van der Waals surface area contributed by atoms with Crippen molar-refractivity contribution in [3.63, 3.8) is 0 Å². The molecule has 1 rings (SSSR count). The van der Waals surface area contributed by atoms with E-state index in [9.17, 15) is 14.7 Å². The van der Waals surface area contributed by atoms with E-state index < -0.39 is 5.97 Å². The van der Waals surface area contributed by atoms with Gasteiger partial charge in [-0.25, -0.2) is 4.79 Å². The topological polar surface area (TPSA) is 86.9 Å². The molecule has 0 spiro atoms. The van der Waals surface area contributed by atoms with Crippen molar-refractivity contribution in [3.05, 3.63) is 23.8 Å². The van der Waals surface area contributed by atoms with E-state index >= 15 is 0 Å². The summed E-state index contributed by atoms with van der Waals surface area (Å²) in [6.07, 6.45) is 1.10. The van der Waals surface area contributed by atoms with E-state index in [2.05, 4.69) is 0 Å². The zero-order chi connectivity index (χ0) is 15.3. The quantitative estimate of drug-likeness (QED) is 0.766. The summed E-state index contributed by atoms with van der Waals surface area (Å²) in [7, 11) is 5.24. The Morgan fingerprint density at radius 2 is 1.90 bits per heavy atom. The Morgan fingerprint density at radius 3 is 2.45 bits per heavy atom. The van der Waals surface area contributed by atoms with Gasteiger partial charge >= 0.3 is 5.97 Å². The fourth-order valence-corrected chi connectivity index (χ4v) is 1.87. The maximum absolute atomic E-state index is 11.5. The lowest BCUT2D eigenvalue weighted by Gasteiger charge is -2.21. The first-order chi connectivity index (χ1) is 9.32. The number of hydrogen-bond acceptors (Lipinski definition) is 4. The molecule has 1 aromatic rings. The third kappa shape index (κ3) is 4.15. The van der Waals surface area contributed by atoms with Gasteiger partial charge in [-0.15, -0.1) is 0 Å². The van der Waals surface area contributed by atoms with E-state index in [1.807, 2.05) is 4.90 Å². The molecule has 3 N–H and O–H groups in total. The Hall–Kier alpha value is -2.24. The van der Waals surface area contributed by atoms with Crippen LogP contribution in [0.4, 0.5) is 11.4 Å². The number of aromatic carboxylic acids is 1. The predicted molar refractivity (Wildman–Crippen MR) is 79.0 cm³/mol. The highest BCUT2D eigenvalue weighted by atomic mass is 16.4. The molecule has 0 aliphatic carbocycles.